The SMILES string of the molecule is Cn1nc(-c2ccccc2)cc1C(=O)N[C@H](CC(=O)NC1CCCC1)C(=O)O. The lowest BCUT2D eigenvalue weighted by molar-refractivity contribution is -0.141. The van der Waals surface area contributed by atoms with Crippen molar-refractivity contribution in [3.8, 4) is 11.3 Å². The van der Waals surface area contributed by atoms with Gasteiger partial charge in [0.15, 0.2) is 0 Å². The molecule has 1 heterocycles. The predicted molar refractivity (Wildman–Crippen MR) is 103 cm³/mol. The van der Waals surface area contributed by atoms with Crippen LogP contribution >= 0.6 is 0 Å². The van der Waals surface area contributed by atoms with Crippen molar-refractivity contribution < 1.29 is 19.5 Å². The zero-order valence-electron chi connectivity index (χ0n) is 15.7. The lowest BCUT2D eigenvalue weighted by atomic mass is 10.1. The Balaban J connectivity index is 1.66. The van der Waals surface area contributed by atoms with Crippen molar-refractivity contribution >= 4 is 17.8 Å². The minimum Gasteiger partial charge on any atom is -0.480 e. The number of carbonyl (C=O) groups excluding carboxylic acids is 2. The van der Waals surface area contributed by atoms with Crippen LogP contribution in [0.3, 0.4) is 0 Å². The molecule has 2 aromatic rings. The molecule has 1 atom stereocenters. The molecule has 1 aromatic heterocycles. The molecule has 0 spiro atoms. The summed E-state index contributed by atoms with van der Waals surface area (Å²) in [6.45, 7) is 0. The number of carbonyl (C=O) groups is 3. The van der Waals surface area contributed by atoms with E-state index in [0.29, 0.717) is 5.69 Å². The maximum Gasteiger partial charge on any atom is 0.326 e. The molecule has 0 aliphatic heterocycles. The van der Waals surface area contributed by atoms with E-state index in [2.05, 4.69) is 15.7 Å². The molecule has 1 saturated carbocycles. The largest absolute Gasteiger partial charge is 0.480 e. The van der Waals surface area contributed by atoms with Gasteiger partial charge < -0.3 is 15.7 Å². The van der Waals surface area contributed by atoms with Crippen LogP contribution in [-0.2, 0) is 16.6 Å². The summed E-state index contributed by atoms with van der Waals surface area (Å²) in [5.74, 6) is -2.20. The normalized spacial score (nSPS) is 15.2. The van der Waals surface area contributed by atoms with Gasteiger partial charge in [-0.2, -0.15) is 5.10 Å². The molecule has 2 amide bonds. The summed E-state index contributed by atoms with van der Waals surface area (Å²) in [5.41, 5.74) is 1.68. The second kappa shape index (κ2) is 8.69. The number of rotatable bonds is 7. The van der Waals surface area contributed by atoms with Gasteiger partial charge in [-0.25, -0.2) is 4.79 Å². The Morgan fingerprint density at radius 1 is 1.21 bits per heavy atom. The molecule has 8 nitrogen and oxygen atoms in total. The first-order chi connectivity index (χ1) is 13.4. The average Bonchev–Trinajstić information content (AvgIpc) is 3.31. The smallest absolute Gasteiger partial charge is 0.326 e. The van der Waals surface area contributed by atoms with Crippen molar-refractivity contribution in [2.75, 3.05) is 0 Å². The van der Waals surface area contributed by atoms with Crippen LogP contribution in [0, 0.1) is 0 Å². The van der Waals surface area contributed by atoms with Gasteiger partial charge in [0.25, 0.3) is 5.91 Å². The van der Waals surface area contributed by atoms with Gasteiger partial charge in [0.1, 0.15) is 11.7 Å². The van der Waals surface area contributed by atoms with Gasteiger partial charge >= 0.3 is 5.97 Å². The summed E-state index contributed by atoms with van der Waals surface area (Å²) in [5, 5.41) is 19.0. The van der Waals surface area contributed by atoms with E-state index in [1.807, 2.05) is 30.3 Å². The minimum absolute atomic E-state index is 0.100. The second-order valence-corrected chi connectivity index (χ2v) is 7.02. The predicted octanol–water partition coefficient (Wildman–Crippen LogP) is 1.72. The maximum atomic E-state index is 12.6. The van der Waals surface area contributed by atoms with Crippen LogP contribution < -0.4 is 10.6 Å². The van der Waals surface area contributed by atoms with Crippen LogP contribution in [0.25, 0.3) is 11.3 Å². The number of aliphatic carboxylic acids is 1. The van der Waals surface area contributed by atoms with Gasteiger partial charge in [-0.3, -0.25) is 14.3 Å². The average molecular weight is 384 g/mol. The maximum absolute atomic E-state index is 12.6. The van der Waals surface area contributed by atoms with Gasteiger partial charge in [-0.15, -0.1) is 0 Å². The highest BCUT2D eigenvalue weighted by molar-refractivity contribution is 5.97. The Morgan fingerprint density at radius 2 is 1.89 bits per heavy atom. The van der Waals surface area contributed by atoms with E-state index >= 15 is 0 Å². The molecule has 1 fully saturated rings. The summed E-state index contributed by atoms with van der Waals surface area (Å²) >= 11 is 0. The monoisotopic (exact) mass is 384 g/mol. The summed E-state index contributed by atoms with van der Waals surface area (Å²) in [6.07, 6.45) is 3.64. The Labute approximate surface area is 162 Å². The van der Waals surface area contributed by atoms with Crippen molar-refractivity contribution in [2.45, 2.75) is 44.2 Å². The molecule has 1 aromatic carbocycles. The highest BCUT2D eigenvalue weighted by atomic mass is 16.4. The Hall–Kier alpha value is -3.16. The zero-order chi connectivity index (χ0) is 20.1. The summed E-state index contributed by atoms with van der Waals surface area (Å²) in [7, 11) is 1.62. The number of aromatic nitrogens is 2. The molecule has 1 aliphatic rings. The molecular weight excluding hydrogens is 360 g/mol. The van der Waals surface area contributed by atoms with E-state index in [1.54, 1.807) is 13.1 Å². The van der Waals surface area contributed by atoms with Crippen molar-refractivity contribution in [2.24, 2.45) is 7.05 Å². The van der Waals surface area contributed by atoms with Crippen LogP contribution in [0.15, 0.2) is 36.4 Å². The Morgan fingerprint density at radius 3 is 2.54 bits per heavy atom. The number of carboxylic acids is 1. The first-order valence-corrected chi connectivity index (χ1v) is 9.36. The van der Waals surface area contributed by atoms with E-state index in [-0.39, 0.29) is 24.1 Å². The van der Waals surface area contributed by atoms with Crippen molar-refractivity contribution in [3.63, 3.8) is 0 Å². The molecule has 28 heavy (non-hydrogen) atoms. The van der Waals surface area contributed by atoms with Gasteiger partial charge in [-0.05, 0) is 18.9 Å². The Kier molecular flexibility index (Phi) is 6.08. The third kappa shape index (κ3) is 4.76. The second-order valence-electron chi connectivity index (χ2n) is 7.02. The number of amides is 2. The number of hydrogen-bond acceptors (Lipinski definition) is 4. The standard InChI is InChI=1S/C20H24N4O4/c1-24-17(11-15(23-24)13-7-3-2-4-8-13)19(26)22-16(20(27)28)12-18(25)21-14-9-5-6-10-14/h2-4,7-8,11,14,16H,5-6,9-10,12H2,1H3,(H,21,25)(H,22,26)(H,27,28)/t16-/m1/s1. The lowest BCUT2D eigenvalue weighted by Crippen LogP contribution is -2.45. The van der Waals surface area contributed by atoms with Crippen molar-refractivity contribution in [1.82, 2.24) is 20.4 Å². The highest BCUT2D eigenvalue weighted by Gasteiger charge is 2.27. The fraction of sp³-hybridized carbons (Fsp3) is 0.400. The first-order valence-electron chi connectivity index (χ1n) is 9.36. The minimum atomic E-state index is -1.30. The first kappa shape index (κ1) is 19.6. The molecule has 3 N–H and O–H groups in total. The molecule has 8 heteroatoms. The van der Waals surface area contributed by atoms with E-state index < -0.39 is 17.9 Å². The van der Waals surface area contributed by atoms with E-state index in [4.69, 9.17) is 0 Å². The number of aryl methyl sites for hydroxylation is 1. The van der Waals surface area contributed by atoms with Crippen molar-refractivity contribution in [1.29, 1.82) is 0 Å². The van der Waals surface area contributed by atoms with Gasteiger partial charge in [0.2, 0.25) is 5.91 Å². The third-order valence-electron chi connectivity index (χ3n) is 4.90. The van der Waals surface area contributed by atoms with Gasteiger partial charge in [-0.1, -0.05) is 43.2 Å². The highest BCUT2D eigenvalue weighted by Crippen LogP contribution is 2.19. The van der Waals surface area contributed by atoms with Crippen LogP contribution in [0.4, 0.5) is 0 Å². The summed E-state index contributed by atoms with van der Waals surface area (Å²) in [6, 6.07) is 9.76. The molecular formula is C20H24N4O4. The van der Waals surface area contributed by atoms with E-state index in [0.717, 1.165) is 31.2 Å². The number of hydrogen-bond donors (Lipinski definition) is 3. The summed E-state index contributed by atoms with van der Waals surface area (Å²) < 4.78 is 1.40. The fourth-order valence-corrected chi connectivity index (χ4v) is 3.40. The van der Waals surface area contributed by atoms with Gasteiger partial charge in [0, 0.05) is 18.7 Å². The van der Waals surface area contributed by atoms with Crippen LogP contribution in [-0.4, -0.2) is 44.8 Å². The van der Waals surface area contributed by atoms with Crippen LogP contribution in [0.5, 0.6) is 0 Å². The number of nitrogens with zero attached hydrogens (tertiary/aromatic N) is 2. The number of nitrogens with one attached hydrogen (secondary N) is 2. The summed E-state index contributed by atoms with van der Waals surface area (Å²) in [4.78, 5) is 36.3. The van der Waals surface area contributed by atoms with E-state index in [1.165, 1.54) is 4.68 Å². The molecule has 0 unspecified atom stereocenters. The number of carboxylic acid groups (broad SMARTS) is 1. The number of benzene rings is 1. The van der Waals surface area contributed by atoms with E-state index in [9.17, 15) is 19.5 Å². The lowest BCUT2D eigenvalue weighted by Gasteiger charge is -2.16. The molecule has 0 saturated heterocycles. The van der Waals surface area contributed by atoms with Crippen LogP contribution in [0.1, 0.15) is 42.6 Å². The molecule has 0 radical (unpaired) electrons. The molecule has 1 aliphatic carbocycles. The zero-order valence-corrected chi connectivity index (χ0v) is 15.7. The third-order valence-corrected chi connectivity index (χ3v) is 4.90. The Bertz CT molecular complexity index is 856. The van der Waals surface area contributed by atoms with Gasteiger partial charge in [0.05, 0.1) is 12.1 Å². The molecule has 0 bridgehead atoms. The topological polar surface area (TPSA) is 113 Å². The van der Waals surface area contributed by atoms with Crippen LogP contribution in [0.2, 0.25) is 0 Å². The quantitative estimate of drug-likeness (QED) is 0.673. The molecule has 3 rings (SSSR count). The van der Waals surface area contributed by atoms with Crippen molar-refractivity contribution in [3.05, 3.63) is 42.1 Å². The molecule has 148 valence electrons. The fourth-order valence-electron chi connectivity index (χ4n) is 3.40.